The van der Waals surface area contributed by atoms with Crippen molar-refractivity contribution in [1.29, 1.82) is 0 Å². The van der Waals surface area contributed by atoms with Crippen molar-refractivity contribution < 1.29 is 24.2 Å². The van der Waals surface area contributed by atoms with Crippen LogP contribution < -0.4 is 14.8 Å². The average Bonchev–Trinajstić information content (AvgIpc) is 2.69. The number of ether oxygens (including phenoxy) is 2. The molecule has 2 N–H and O–H groups in total. The van der Waals surface area contributed by atoms with Crippen LogP contribution in [0, 0.1) is 11.8 Å². The Morgan fingerprint density at radius 1 is 1.11 bits per heavy atom. The number of nitrogens with zero attached hydrogens (tertiary/aromatic N) is 1. The molecule has 1 fully saturated rings. The van der Waals surface area contributed by atoms with Crippen molar-refractivity contribution in [1.82, 2.24) is 4.90 Å². The lowest BCUT2D eigenvalue weighted by molar-refractivity contribution is -0.143. The minimum absolute atomic E-state index is 0.129. The number of aliphatic carboxylic acids is 1. The number of carbonyl (C=O) groups is 2. The van der Waals surface area contributed by atoms with Crippen molar-refractivity contribution in [3.63, 3.8) is 0 Å². The molecule has 0 radical (unpaired) electrons. The van der Waals surface area contributed by atoms with Gasteiger partial charge in [0.25, 0.3) is 0 Å². The maximum atomic E-state index is 12.7. The molecular weight excluding hydrogens is 360 g/mol. The van der Waals surface area contributed by atoms with E-state index in [0.717, 1.165) is 0 Å². The molecule has 2 unspecified atom stereocenters. The molecule has 1 heterocycles. The first-order valence-electron chi connectivity index (χ1n) is 9.16. The fourth-order valence-electron chi connectivity index (χ4n) is 3.35. The predicted molar refractivity (Wildman–Crippen MR) is 105 cm³/mol. The molecule has 0 saturated carbocycles. The second kappa shape index (κ2) is 8.65. The molecule has 1 saturated heterocycles. The standard InChI is InChI=1S/C21H24N2O5/c1-14-10-15(20(24)25)13-23(12-14)21(26)22-18-9-8-17(11-19(18)27-2)28-16-6-4-3-5-7-16/h3-9,11,14-15H,10,12-13H2,1-2H3,(H,22,26)(H,24,25). The highest BCUT2D eigenvalue weighted by Gasteiger charge is 2.32. The number of carboxylic acid groups (broad SMARTS) is 1. The van der Waals surface area contributed by atoms with Gasteiger partial charge in [0.05, 0.1) is 18.7 Å². The zero-order chi connectivity index (χ0) is 20.1. The average molecular weight is 384 g/mol. The van der Waals surface area contributed by atoms with Gasteiger partial charge in [0, 0.05) is 19.2 Å². The molecule has 2 aromatic carbocycles. The SMILES string of the molecule is COc1cc(Oc2ccccc2)ccc1NC(=O)N1CC(C)CC(C(=O)O)C1. The summed E-state index contributed by atoms with van der Waals surface area (Å²) in [5.74, 6) is 0.454. The monoisotopic (exact) mass is 384 g/mol. The van der Waals surface area contributed by atoms with Gasteiger partial charge in [-0.25, -0.2) is 4.79 Å². The first-order chi connectivity index (χ1) is 13.5. The molecule has 0 aliphatic carbocycles. The third-order valence-corrected chi connectivity index (χ3v) is 4.69. The quantitative estimate of drug-likeness (QED) is 0.812. The van der Waals surface area contributed by atoms with Gasteiger partial charge in [-0.3, -0.25) is 4.79 Å². The van der Waals surface area contributed by atoms with E-state index in [1.165, 1.54) is 7.11 Å². The highest BCUT2D eigenvalue weighted by molar-refractivity contribution is 5.91. The third kappa shape index (κ3) is 4.73. The minimum atomic E-state index is -0.871. The molecule has 2 amide bonds. The fraction of sp³-hybridized carbons (Fsp3) is 0.333. The van der Waals surface area contributed by atoms with E-state index < -0.39 is 11.9 Å². The van der Waals surface area contributed by atoms with E-state index in [1.807, 2.05) is 37.3 Å². The Morgan fingerprint density at radius 2 is 1.86 bits per heavy atom. The Bertz CT molecular complexity index is 840. The number of likely N-dealkylation sites (tertiary alicyclic amines) is 1. The zero-order valence-electron chi connectivity index (χ0n) is 15.9. The van der Waals surface area contributed by atoms with Crippen LogP contribution in [0.3, 0.4) is 0 Å². The van der Waals surface area contributed by atoms with Crippen LogP contribution >= 0.6 is 0 Å². The van der Waals surface area contributed by atoms with E-state index in [4.69, 9.17) is 9.47 Å². The number of piperidine rings is 1. The Labute approximate surface area is 163 Å². The van der Waals surface area contributed by atoms with Gasteiger partial charge in [-0.2, -0.15) is 0 Å². The van der Waals surface area contributed by atoms with E-state index in [-0.39, 0.29) is 18.5 Å². The smallest absolute Gasteiger partial charge is 0.321 e. The van der Waals surface area contributed by atoms with Crippen molar-refractivity contribution in [2.45, 2.75) is 13.3 Å². The van der Waals surface area contributed by atoms with E-state index in [0.29, 0.717) is 35.9 Å². The lowest BCUT2D eigenvalue weighted by Gasteiger charge is -2.34. The number of anilines is 1. The Hall–Kier alpha value is -3.22. The van der Waals surface area contributed by atoms with Crippen LogP contribution in [0.2, 0.25) is 0 Å². The molecule has 28 heavy (non-hydrogen) atoms. The highest BCUT2D eigenvalue weighted by atomic mass is 16.5. The molecular formula is C21H24N2O5. The summed E-state index contributed by atoms with van der Waals surface area (Å²) in [5.41, 5.74) is 0.498. The van der Waals surface area contributed by atoms with Crippen LogP contribution in [0.1, 0.15) is 13.3 Å². The molecule has 7 nitrogen and oxygen atoms in total. The lowest BCUT2D eigenvalue weighted by atomic mass is 9.91. The number of nitrogens with one attached hydrogen (secondary N) is 1. The second-order valence-corrected chi connectivity index (χ2v) is 6.99. The number of benzene rings is 2. The first-order valence-corrected chi connectivity index (χ1v) is 9.16. The maximum Gasteiger partial charge on any atom is 0.321 e. The van der Waals surface area contributed by atoms with Crippen LogP contribution in [-0.4, -0.2) is 42.2 Å². The number of hydrogen-bond donors (Lipinski definition) is 2. The van der Waals surface area contributed by atoms with Crippen molar-refractivity contribution in [3.8, 4) is 17.2 Å². The largest absolute Gasteiger partial charge is 0.494 e. The van der Waals surface area contributed by atoms with E-state index in [2.05, 4.69) is 5.32 Å². The number of carbonyl (C=O) groups excluding carboxylic acids is 1. The highest BCUT2D eigenvalue weighted by Crippen LogP contribution is 2.32. The molecule has 3 rings (SSSR count). The molecule has 0 spiro atoms. The summed E-state index contributed by atoms with van der Waals surface area (Å²) < 4.78 is 11.2. The summed E-state index contributed by atoms with van der Waals surface area (Å²) in [6.07, 6.45) is 0.577. The molecule has 2 atom stereocenters. The van der Waals surface area contributed by atoms with Crippen molar-refractivity contribution in [2.75, 3.05) is 25.5 Å². The summed E-state index contributed by atoms with van der Waals surface area (Å²) in [5, 5.41) is 12.1. The molecule has 1 aliphatic heterocycles. The Morgan fingerprint density at radius 3 is 2.54 bits per heavy atom. The van der Waals surface area contributed by atoms with Gasteiger partial charge in [0.2, 0.25) is 0 Å². The van der Waals surface area contributed by atoms with Crippen molar-refractivity contribution >= 4 is 17.7 Å². The molecule has 0 aromatic heterocycles. The molecule has 1 aliphatic rings. The number of amides is 2. The van der Waals surface area contributed by atoms with Gasteiger partial charge in [-0.1, -0.05) is 25.1 Å². The van der Waals surface area contributed by atoms with E-state index in [9.17, 15) is 14.7 Å². The summed E-state index contributed by atoms with van der Waals surface area (Å²) in [6.45, 7) is 2.67. The minimum Gasteiger partial charge on any atom is -0.494 e. The van der Waals surface area contributed by atoms with Crippen LogP contribution in [-0.2, 0) is 4.79 Å². The number of urea groups is 1. The van der Waals surface area contributed by atoms with Gasteiger partial charge >= 0.3 is 12.0 Å². The van der Waals surface area contributed by atoms with Crippen LogP contribution in [0.4, 0.5) is 10.5 Å². The number of hydrogen-bond acceptors (Lipinski definition) is 4. The van der Waals surface area contributed by atoms with Crippen molar-refractivity contribution in [2.24, 2.45) is 11.8 Å². The fourth-order valence-corrected chi connectivity index (χ4v) is 3.35. The molecule has 2 aromatic rings. The number of carboxylic acids is 1. The topological polar surface area (TPSA) is 88.1 Å². The van der Waals surface area contributed by atoms with Crippen LogP contribution in [0.5, 0.6) is 17.2 Å². The third-order valence-electron chi connectivity index (χ3n) is 4.69. The van der Waals surface area contributed by atoms with E-state index >= 15 is 0 Å². The van der Waals surface area contributed by atoms with Gasteiger partial charge in [-0.05, 0) is 36.6 Å². The number of rotatable bonds is 5. The van der Waals surface area contributed by atoms with Crippen molar-refractivity contribution in [3.05, 3.63) is 48.5 Å². The summed E-state index contributed by atoms with van der Waals surface area (Å²) >= 11 is 0. The zero-order valence-corrected chi connectivity index (χ0v) is 15.9. The maximum absolute atomic E-state index is 12.7. The van der Waals surface area contributed by atoms with Crippen LogP contribution in [0.15, 0.2) is 48.5 Å². The normalized spacial score (nSPS) is 19.0. The summed E-state index contributed by atoms with van der Waals surface area (Å²) in [7, 11) is 1.51. The van der Waals surface area contributed by atoms with Gasteiger partial charge in [-0.15, -0.1) is 0 Å². The molecule has 7 heteroatoms. The molecule has 148 valence electrons. The number of methoxy groups -OCH3 is 1. The van der Waals surface area contributed by atoms with Gasteiger partial charge < -0.3 is 24.8 Å². The van der Waals surface area contributed by atoms with Gasteiger partial charge in [0.1, 0.15) is 17.2 Å². The summed E-state index contributed by atoms with van der Waals surface area (Å²) in [4.78, 5) is 25.5. The lowest BCUT2D eigenvalue weighted by Crippen LogP contribution is -2.47. The number of para-hydroxylation sites is 1. The Balaban J connectivity index is 1.71. The first kappa shape index (κ1) is 19.5. The summed E-state index contributed by atoms with van der Waals surface area (Å²) in [6, 6.07) is 14.2. The predicted octanol–water partition coefficient (Wildman–Crippen LogP) is 4.06. The Kier molecular flexibility index (Phi) is 6.03. The van der Waals surface area contributed by atoms with Gasteiger partial charge in [0.15, 0.2) is 0 Å². The molecule has 0 bridgehead atoms. The second-order valence-electron chi connectivity index (χ2n) is 6.99. The van der Waals surface area contributed by atoms with Crippen LogP contribution in [0.25, 0.3) is 0 Å². The van der Waals surface area contributed by atoms with E-state index in [1.54, 1.807) is 23.1 Å².